The predicted molar refractivity (Wildman–Crippen MR) is 87.8 cm³/mol. The van der Waals surface area contributed by atoms with Crippen LogP contribution in [0.15, 0.2) is 18.2 Å². The van der Waals surface area contributed by atoms with Crippen LogP contribution in [0.2, 0.25) is 0 Å². The van der Waals surface area contributed by atoms with Crippen molar-refractivity contribution in [3.63, 3.8) is 0 Å². The van der Waals surface area contributed by atoms with E-state index in [4.69, 9.17) is 20.3 Å². The van der Waals surface area contributed by atoms with E-state index < -0.39 is 5.97 Å². The second-order valence-corrected chi connectivity index (χ2v) is 6.60. The highest BCUT2D eigenvalue weighted by Gasteiger charge is 2.18. The van der Waals surface area contributed by atoms with Crippen molar-refractivity contribution in [1.29, 1.82) is 0 Å². The lowest BCUT2D eigenvalue weighted by Crippen LogP contribution is -2.22. The van der Waals surface area contributed by atoms with Gasteiger partial charge in [0, 0.05) is 12.5 Å². The molecule has 2 rings (SSSR count). The third-order valence-corrected chi connectivity index (χ3v) is 4.80. The van der Waals surface area contributed by atoms with Gasteiger partial charge in [-0.05, 0) is 48.5 Å². The van der Waals surface area contributed by atoms with Gasteiger partial charge in [0.25, 0.3) is 0 Å². The Balaban J connectivity index is 2.04. The summed E-state index contributed by atoms with van der Waals surface area (Å²) in [5.41, 5.74) is 6.90. The monoisotopic (exact) mass is 325 g/mol. The molecule has 0 bridgehead atoms. The van der Waals surface area contributed by atoms with Gasteiger partial charge in [0.05, 0.1) is 7.11 Å². The first-order valence-corrected chi connectivity index (χ1v) is 8.65. The predicted octanol–water partition coefficient (Wildman–Crippen LogP) is 2.83. The summed E-state index contributed by atoms with van der Waals surface area (Å²) in [6.07, 6.45) is 2.79. The van der Waals surface area contributed by atoms with Crippen molar-refractivity contribution >= 4 is 17.7 Å². The van der Waals surface area contributed by atoms with E-state index in [1.807, 2.05) is 30.0 Å². The number of aliphatic carboxylic acids is 1. The Hall–Kier alpha value is -1.40. The first-order chi connectivity index (χ1) is 10.6. The van der Waals surface area contributed by atoms with Gasteiger partial charge in [0.2, 0.25) is 0 Å². The molecule has 0 spiro atoms. The first kappa shape index (κ1) is 17.0. The number of thioether (sulfide) groups is 1. The van der Waals surface area contributed by atoms with E-state index in [1.165, 1.54) is 0 Å². The number of ether oxygens (including phenoxy) is 2. The molecule has 3 N–H and O–H groups in total. The van der Waals surface area contributed by atoms with E-state index >= 15 is 0 Å². The quantitative estimate of drug-likeness (QED) is 0.802. The maximum atomic E-state index is 10.6. The minimum Gasteiger partial charge on any atom is -0.493 e. The van der Waals surface area contributed by atoms with Crippen LogP contribution >= 0.6 is 11.8 Å². The summed E-state index contributed by atoms with van der Waals surface area (Å²) in [5, 5.41) is 8.73. The fraction of sp³-hybridized carbons (Fsp3) is 0.562. The molecule has 1 heterocycles. The number of rotatable bonds is 7. The Morgan fingerprint density at radius 3 is 2.77 bits per heavy atom. The lowest BCUT2D eigenvalue weighted by Gasteiger charge is -2.24. The van der Waals surface area contributed by atoms with Gasteiger partial charge >= 0.3 is 5.97 Å². The smallest absolute Gasteiger partial charge is 0.303 e. The summed E-state index contributed by atoms with van der Waals surface area (Å²) in [6, 6.07) is 5.29. The Morgan fingerprint density at radius 2 is 2.14 bits per heavy atom. The third kappa shape index (κ3) is 4.81. The van der Waals surface area contributed by atoms with Gasteiger partial charge in [-0.15, -0.1) is 0 Å². The number of hydrogen-bond donors (Lipinski definition) is 2. The molecule has 6 heteroatoms. The van der Waals surface area contributed by atoms with Crippen LogP contribution in [0.4, 0.5) is 0 Å². The number of carbonyl (C=O) groups is 1. The molecule has 0 radical (unpaired) electrons. The van der Waals surface area contributed by atoms with Crippen LogP contribution in [-0.4, -0.2) is 35.8 Å². The van der Waals surface area contributed by atoms with E-state index in [2.05, 4.69) is 0 Å². The SMILES string of the molecule is COc1cc(C(N)CCC(=O)O)ccc1OC1CCSCC1. The average molecular weight is 325 g/mol. The van der Waals surface area contributed by atoms with Crippen molar-refractivity contribution in [2.24, 2.45) is 5.73 Å². The second-order valence-electron chi connectivity index (χ2n) is 5.38. The summed E-state index contributed by atoms with van der Waals surface area (Å²) in [7, 11) is 1.60. The van der Waals surface area contributed by atoms with Gasteiger partial charge in [-0.3, -0.25) is 4.79 Å². The van der Waals surface area contributed by atoms with Crippen LogP contribution in [0, 0.1) is 0 Å². The van der Waals surface area contributed by atoms with Crippen molar-refractivity contribution < 1.29 is 19.4 Å². The zero-order valence-electron chi connectivity index (χ0n) is 12.8. The maximum Gasteiger partial charge on any atom is 0.303 e. The fourth-order valence-electron chi connectivity index (χ4n) is 2.43. The Bertz CT molecular complexity index is 503. The van der Waals surface area contributed by atoms with Crippen LogP contribution in [-0.2, 0) is 4.79 Å². The number of nitrogens with two attached hydrogens (primary N) is 1. The van der Waals surface area contributed by atoms with Crippen molar-refractivity contribution in [3.05, 3.63) is 23.8 Å². The molecular weight excluding hydrogens is 302 g/mol. The number of hydrogen-bond acceptors (Lipinski definition) is 5. The van der Waals surface area contributed by atoms with Crippen molar-refractivity contribution in [1.82, 2.24) is 0 Å². The summed E-state index contributed by atoms with van der Waals surface area (Å²) in [4.78, 5) is 10.6. The first-order valence-electron chi connectivity index (χ1n) is 7.50. The van der Waals surface area contributed by atoms with Crippen molar-refractivity contribution in [2.45, 2.75) is 37.8 Å². The molecule has 1 aromatic rings. The van der Waals surface area contributed by atoms with Gasteiger partial charge in [-0.25, -0.2) is 0 Å². The molecule has 1 saturated heterocycles. The highest BCUT2D eigenvalue weighted by Crippen LogP contribution is 2.33. The molecule has 1 aliphatic rings. The molecule has 1 atom stereocenters. The minimum absolute atomic E-state index is 0.0570. The standard InChI is InChI=1S/C16H23NO4S/c1-20-15-10-11(13(17)3-5-16(18)19)2-4-14(15)21-12-6-8-22-9-7-12/h2,4,10,12-13H,3,5-9,17H2,1H3,(H,18,19). The van der Waals surface area contributed by atoms with E-state index in [0.717, 1.165) is 35.7 Å². The molecule has 1 unspecified atom stereocenters. The summed E-state index contributed by atoms with van der Waals surface area (Å²) >= 11 is 1.96. The van der Waals surface area contributed by atoms with Crippen LogP contribution in [0.5, 0.6) is 11.5 Å². The van der Waals surface area contributed by atoms with Gasteiger partial charge in [0.15, 0.2) is 11.5 Å². The highest BCUT2D eigenvalue weighted by molar-refractivity contribution is 7.99. The van der Waals surface area contributed by atoms with Crippen LogP contribution in [0.3, 0.4) is 0 Å². The third-order valence-electron chi connectivity index (χ3n) is 3.75. The Morgan fingerprint density at radius 1 is 1.41 bits per heavy atom. The van der Waals surface area contributed by atoms with E-state index in [0.29, 0.717) is 12.2 Å². The number of carboxylic acids is 1. The van der Waals surface area contributed by atoms with Crippen molar-refractivity contribution in [3.8, 4) is 11.5 Å². The fourth-order valence-corrected chi connectivity index (χ4v) is 3.49. The minimum atomic E-state index is -0.836. The molecule has 5 nitrogen and oxygen atoms in total. The molecule has 122 valence electrons. The molecule has 0 aliphatic carbocycles. The zero-order chi connectivity index (χ0) is 15.9. The average Bonchev–Trinajstić information content (AvgIpc) is 2.54. The summed E-state index contributed by atoms with van der Waals surface area (Å²) < 4.78 is 11.4. The van der Waals surface area contributed by atoms with E-state index in [1.54, 1.807) is 7.11 Å². The van der Waals surface area contributed by atoms with Gasteiger partial charge in [0.1, 0.15) is 6.10 Å². The summed E-state index contributed by atoms with van der Waals surface area (Å²) in [6.45, 7) is 0. The second kappa shape index (κ2) is 8.29. The van der Waals surface area contributed by atoms with Gasteiger partial charge in [-0.2, -0.15) is 11.8 Å². The molecule has 0 amide bonds. The summed E-state index contributed by atoms with van der Waals surface area (Å²) in [5.74, 6) is 2.81. The highest BCUT2D eigenvalue weighted by atomic mass is 32.2. The number of carboxylic acid groups (broad SMARTS) is 1. The van der Waals surface area contributed by atoms with Crippen molar-refractivity contribution in [2.75, 3.05) is 18.6 Å². The molecule has 22 heavy (non-hydrogen) atoms. The van der Waals surface area contributed by atoms with Gasteiger partial charge < -0.3 is 20.3 Å². The lowest BCUT2D eigenvalue weighted by molar-refractivity contribution is -0.137. The Kier molecular flexibility index (Phi) is 6.39. The van der Waals surface area contributed by atoms with Crippen LogP contribution < -0.4 is 15.2 Å². The van der Waals surface area contributed by atoms with Crippen LogP contribution in [0.25, 0.3) is 0 Å². The Labute approximate surface area is 135 Å². The molecule has 1 fully saturated rings. The van der Waals surface area contributed by atoms with E-state index in [9.17, 15) is 4.79 Å². The van der Waals surface area contributed by atoms with Gasteiger partial charge in [-0.1, -0.05) is 6.07 Å². The number of methoxy groups -OCH3 is 1. The lowest BCUT2D eigenvalue weighted by atomic mass is 10.0. The molecule has 1 aliphatic heterocycles. The van der Waals surface area contributed by atoms with Crippen LogP contribution in [0.1, 0.15) is 37.3 Å². The molecule has 0 aromatic heterocycles. The normalized spacial score (nSPS) is 17.0. The number of benzene rings is 1. The van der Waals surface area contributed by atoms with E-state index in [-0.39, 0.29) is 18.6 Å². The largest absolute Gasteiger partial charge is 0.493 e. The molecular formula is C16H23NO4S. The zero-order valence-corrected chi connectivity index (χ0v) is 13.6. The molecule has 0 saturated carbocycles. The molecule has 1 aromatic carbocycles. The topological polar surface area (TPSA) is 81.8 Å². The maximum absolute atomic E-state index is 10.6.